The zero-order valence-corrected chi connectivity index (χ0v) is 7.34. The lowest BCUT2D eigenvalue weighted by atomic mass is 10.3. The molecule has 0 atom stereocenters. The zero-order chi connectivity index (χ0) is 8.65. The van der Waals surface area contributed by atoms with E-state index < -0.39 is 0 Å². The number of hydrogen-bond donors (Lipinski definition) is 2. The molecule has 4 nitrogen and oxygen atoms in total. The number of aromatic amines is 1. The first kappa shape index (κ1) is 9.22. The van der Waals surface area contributed by atoms with Crippen molar-refractivity contribution in [2.24, 2.45) is 0 Å². The summed E-state index contributed by atoms with van der Waals surface area (Å²) in [4.78, 5) is 0. The number of rotatable bonds is 6. The number of methoxy groups -OCH3 is 1. The molecular weight excluding hydrogens is 154 g/mol. The van der Waals surface area contributed by atoms with Crippen molar-refractivity contribution in [2.75, 3.05) is 26.8 Å². The molecule has 1 aromatic heterocycles. The zero-order valence-electron chi connectivity index (χ0n) is 7.34. The van der Waals surface area contributed by atoms with E-state index >= 15 is 0 Å². The molecule has 0 fully saturated rings. The molecular formula is C8H15N3O. The van der Waals surface area contributed by atoms with Crippen LogP contribution in [-0.4, -0.2) is 37.0 Å². The molecule has 0 radical (unpaired) electrons. The summed E-state index contributed by atoms with van der Waals surface area (Å²) in [6.45, 7) is 2.64. The van der Waals surface area contributed by atoms with E-state index in [4.69, 9.17) is 4.74 Å². The molecule has 0 aliphatic rings. The van der Waals surface area contributed by atoms with Gasteiger partial charge < -0.3 is 10.1 Å². The molecule has 68 valence electrons. The Balaban J connectivity index is 1.96. The van der Waals surface area contributed by atoms with Crippen LogP contribution < -0.4 is 5.32 Å². The molecule has 0 bridgehead atoms. The number of ether oxygens (including phenoxy) is 1. The number of aromatic nitrogens is 2. The van der Waals surface area contributed by atoms with Gasteiger partial charge in [-0.25, -0.2) is 0 Å². The molecule has 0 saturated carbocycles. The summed E-state index contributed by atoms with van der Waals surface area (Å²) in [5.41, 5.74) is 1.17. The highest BCUT2D eigenvalue weighted by Crippen LogP contribution is 1.90. The highest BCUT2D eigenvalue weighted by atomic mass is 16.5. The van der Waals surface area contributed by atoms with E-state index in [1.165, 1.54) is 5.69 Å². The highest BCUT2D eigenvalue weighted by molar-refractivity contribution is 4.97. The Bertz CT molecular complexity index is 186. The average molecular weight is 169 g/mol. The lowest BCUT2D eigenvalue weighted by Crippen LogP contribution is -2.21. The maximum absolute atomic E-state index is 4.90. The molecule has 0 spiro atoms. The molecule has 0 aromatic carbocycles. The van der Waals surface area contributed by atoms with Crippen molar-refractivity contribution in [3.8, 4) is 0 Å². The van der Waals surface area contributed by atoms with E-state index in [-0.39, 0.29) is 0 Å². The second-order valence-corrected chi connectivity index (χ2v) is 2.57. The summed E-state index contributed by atoms with van der Waals surface area (Å²) in [6, 6.07) is 1.98. The topological polar surface area (TPSA) is 49.9 Å². The lowest BCUT2D eigenvalue weighted by Gasteiger charge is -2.01. The maximum atomic E-state index is 4.90. The summed E-state index contributed by atoms with van der Waals surface area (Å²) in [5, 5.41) is 10.0. The fraction of sp³-hybridized carbons (Fsp3) is 0.625. The Labute approximate surface area is 72.3 Å². The maximum Gasteiger partial charge on any atom is 0.0587 e. The molecule has 0 amide bonds. The van der Waals surface area contributed by atoms with Crippen LogP contribution in [0.4, 0.5) is 0 Å². The van der Waals surface area contributed by atoms with Crippen LogP contribution >= 0.6 is 0 Å². The van der Waals surface area contributed by atoms with Crippen LogP contribution in [0.1, 0.15) is 5.69 Å². The van der Waals surface area contributed by atoms with Crippen molar-refractivity contribution >= 4 is 0 Å². The summed E-state index contributed by atoms with van der Waals surface area (Å²) >= 11 is 0. The predicted octanol–water partition coefficient (Wildman–Crippen LogP) is 0.188. The van der Waals surface area contributed by atoms with Gasteiger partial charge in [0.05, 0.1) is 6.61 Å². The second-order valence-electron chi connectivity index (χ2n) is 2.57. The summed E-state index contributed by atoms with van der Waals surface area (Å²) in [5.74, 6) is 0. The van der Waals surface area contributed by atoms with Crippen LogP contribution in [0, 0.1) is 0 Å². The van der Waals surface area contributed by atoms with Crippen LogP contribution in [0.2, 0.25) is 0 Å². The first-order valence-corrected chi connectivity index (χ1v) is 4.11. The quantitative estimate of drug-likeness (QED) is 0.598. The van der Waals surface area contributed by atoms with Gasteiger partial charge in [0.15, 0.2) is 0 Å². The molecule has 1 aromatic rings. The molecule has 0 saturated heterocycles. The van der Waals surface area contributed by atoms with Crippen molar-refractivity contribution in [1.82, 2.24) is 15.5 Å². The minimum absolute atomic E-state index is 0.767. The molecule has 0 unspecified atom stereocenters. The molecule has 2 N–H and O–H groups in total. The normalized spacial score (nSPS) is 10.4. The van der Waals surface area contributed by atoms with Gasteiger partial charge in [-0.05, 0) is 6.07 Å². The van der Waals surface area contributed by atoms with Crippen molar-refractivity contribution < 1.29 is 4.74 Å². The van der Waals surface area contributed by atoms with Gasteiger partial charge in [0.2, 0.25) is 0 Å². The van der Waals surface area contributed by atoms with E-state index in [0.29, 0.717) is 0 Å². The number of nitrogens with one attached hydrogen (secondary N) is 2. The first-order valence-electron chi connectivity index (χ1n) is 4.11. The molecule has 1 rings (SSSR count). The monoisotopic (exact) mass is 169 g/mol. The van der Waals surface area contributed by atoms with Crippen LogP contribution in [0.3, 0.4) is 0 Å². The molecule has 12 heavy (non-hydrogen) atoms. The van der Waals surface area contributed by atoms with E-state index in [0.717, 1.165) is 26.1 Å². The summed E-state index contributed by atoms with van der Waals surface area (Å²) < 4.78 is 4.90. The Morgan fingerprint density at radius 3 is 3.17 bits per heavy atom. The van der Waals surface area contributed by atoms with Crippen molar-refractivity contribution in [1.29, 1.82) is 0 Å². The van der Waals surface area contributed by atoms with Gasteiger partial charge in [-0.3, -0.25) is 5.10 Å². The van der Waals surface area contributed by atoms with E-state index in [9.17, 15) is 0 Å². The molecule has 0 aliphatic carbocycles. The molecule has 1 heterocycles. The van der Waals surface area contributed by atoms with Crippen LogP contribution in [0.15, 0.2) is 12.3 Å². The molecule has 0 aliphatic heterocycles. The van der Waals surface area contributed by atoms with Crippen LogP contribution in [-0.2, 0) is 11.2 Å². The fourth-order valence-electron chi connectivity index (χ4n) is 0.946. The largest absolute Gasteiger partial charge is 0.383 e. The van der Waals surface area contributed by atoms with Gasteiger partial charge in [0, 0.05) is 38.5 Å². The Kier molecular flexibility index (Phi) is 4.41. The standard InChI is InChI=1S/C8H15N3O/c1-12-7-6-9-4-2-8-3-5-10-11-8/h3,5,9H,2,4,6-7H2,1H3,(H,10,11). The Hall–Kier alpha value is -0.870. The van der Waals surface area contributed by atoms with Crippen LogP contribution in [0.5, 0.6) is 0 Å². The minimum atomic E-state index is 0.767. The Morgan fingerprint density at radius 1 is 1.58 bits per heavy atom. The van der Waals surface area contributed by atoms with E-state index in [1.54, 1.807) is 13.3 Å². The fourth-order valence-corrected chi connectivity index (χ4v) is 0.946. The smallest absolute Gasteiger partial charge is 0.0587 e. The van der Waals surface area contributed by atoms with Gasteiger partial charge in [0.1, 0.15) is 0 Å². The van der Waals surface area contributed by atoms with Gasteiger partial charge >= 0.3 is 0 Å². The minimum Gasteiger partial charge on any atom is -0.383 e. The third-order valence-electron chi connectivity index (χ3n) is 1.61. The van der Waals surface area contributed by atoms with Crippen molar-refractivity contribution in [3.05, 3.63) is 18.0 Å². The van der Waals surface area contributed by atoms with E-state index in [1.807, 2.05) is 6.07 Å². The molecule has 4 heteroatoms. The SMILES string of the molecule is COCCNCCc1ccn[nH]1. The predicted molar refractivity (Wildman–Crippen MR) is 47.0 cm³/mol. The third kappa shape index (κ3) is 3.50. The number of H-pyrrole nitrogens is 1. The van der Waals surface area contributed by atoms with Gasteiger partial charge in [-0.2, -0.15) is 5.10 Å². The average Bonchev–Trinajstić information content (AvgIpc) is 2.57. The lowest BCUT2D eigenvalue weighted by molar-refractivity contribution is 0.199. The van der Waals surface area contributed by atoms with Crippen LogP contribution in [0.25, 0.3) is 0 Å². The number of nitrogens with zero attached hydrogens (tertiary/aromatic N) is 1. The van der Waals surface area contributed by atoms with E-state index in [2.05, 4.69) is 15.5 Å². The van der Waals surface area contributed by atoms with Gasteiger partial charge in [0.25, 0.3) is 0 Å². The summed E-state index contributed by atoms with van der Waals surface area (Å²) in [7, 11) is 1.70. The van der Waals surface area contributed by atoms with Crippen molar-refractivity contribution in [2.45, 2.75) is 6.42 Å². The van der Waals surface area contributed by atoms with Gasteiger partial charge in [-0.15, -0.1) is 0 Å². The third-order valence-corrected chi connectivity index (χ3v) is 1.61. The second kappa shape index (κ2) is 5.74. The van der Waals surface area contributed by atoms with Crippen molar-refractivity contribution in [3.63, 3.8) is 0 Å². The first-order chi connectivity index (χ1) is 5.93. The highest BCUT2D eigenvalue weighted by Gasteiger charge is 1.92. The summed E-state index contributed by atoms with van der Waals surface area (Å²) in [6.07, 6.45) is 2.76. The van der Waals surface area contributed by atoms with Gasteiger partial charge in [-0.1, -0.05) is 0 Å². The Morgan fingerprint density at radius 2 is 2.50 bits per heavy atom. The number of hydrogen-bond acceptors (Lipinski definition) is 3.